The van der Waals surface area contributed by atoms with Gasteiger partial charge in [0.1, 0.15) is 0 Å². The van der Waals surface area contributed by atoms with Gasteiger partial charge < -0.3 is 4.90 Å². The molecule has 17 heavy (non-hydrogen) atoms. The largest absolute Gasteiger partial charge is 0.306 e. The van der Waals surface area contributed by atoms with Crippen molar-refractivity contribution >= 4 is 5.78 Å². The predicted octanol–water partition coefficient (Wildman–Crippen LogP) is 3.09. The molecule has 1 unspecified atom stereocenters. The molecule has 1 saturated heterocycles. The van der Waals surface area contributed by atoms with Crippen LogP contribution in [0.25, 0.3) is 0 Å². The van der Waals surface area contributed by atoms with Gasteiger partial charge in [0, 0.05) is 5.56 Å². The molecule has 92 valence electrons. The normalized spacial score (nSPS) is 22.1. The highest BCUT2D eigenvalue weighted by Crippen LogP contribution is 2.30. The number of carbonyl (C=O) groups is 1. The van der Waals surface area contributed by atoms with Crippen LogP contribution in [0, 0.1) is 0 Å². The molecule has 2 nitrogen and oxygen atoms in total. The summed E-state index contributed by atoms with van der Waals surface area (Å²) in [5.41, 5.74) is 2.18. The fourth-order valence-corrected chi connectivity index (χ4v) is 2.72. The summed E-state index contributed by atoms with van der Waals surface area (Å²) >= 11 is 0. The van der Waals surface area contributed by atoms with E-state index in [1.807, 2.05) is 12.1 Å². The van der Waals surface area contributed by atoms with Crippen molar-refractivity contribution in [2.45, 2.75) is 32.1 Å². The van der Waals surface area contributed by atoms with E-state index in [0.29, 0.717) is 5.92 Å². The average molecular weight is 231 g/mol. The minimum absolute atomic E-state index is 0.193. The Balaban J connectivity index is 2.24. The van der Waals surface area contributed by atoms with Crippen LogP contribution < -0.4 is 0 Å². The summed E-state index contributed by atoms with van der Waals surface area (Å²) < 4.78 is 0. The second-order valence-corrected chi connectivity index (χ2v) is 5.07. The van der Waals surface area contributed by atoms with Crippen molar-refractivity contribution in [2.24, 2.45) is 0 Å². The zero-order valence-electron chi connectivity index (χ0n) is 10.8. The van der Waals surface area contributed by atoms with Crippen molar-refractivity contribution < 1.29 is 4.79 Å². The van der Waals surface area contributed by atoms with Gasteiger partial charge in [-0.1, -0.05) is 24.3 Å². The van der Waals surface area contributed by atoms with Gasteiger partial charge in [0.25, 0.3) is 0 Å². The van der Waals surface area contributed by atoms with E-state index in [4.69, 9.17) is 0 Å². The fourth-order valence-electron chi connectivity index (χ4n) is 2.72. The van der Waals surface area contributed by atoms with Gasteiger partial charge in [-0.15, -0.1) is 0 Å². The van der Waals surface area contributed by atoms with Gasteiger partial charge in [-0.2, -0.15) is 0 Å². The van der Waals surface area contributed by atoms with Gasteiger partial charge in [-0.25, -0.2) is 0 Å². The first kappa shape index (κ1) is 12.3. The van der Waals surface area contributed by atoms with E-state index in [2.05, 4.69) is 24.1 Å². The van der Waals surface area contributed by atoms with Crippen LogP contribution in [0.15, 0.2) is 24.3 Å². The third-order valence-corrected chi connectivity index (χ3v) is 3.73. The Morgan fingerprint density at radius 2 is 2.00 bits per heavy atom. The Bertz CT molecular complexity index is 400. The van der Waals surface area contributed by atoms with Crippen molar-refractivity contribution in [1.29, 1.82) is 0 Å². The minimum atomic E-state index is 0.193. The number of nitrogens with zero attached hydrogens (tertiary/aromatic N) is 1. The molecule has 1 aromatic rings. The SMILES string of the molecule is CC(=O)c1ccccc1C1CCCN(C)CC1. The second-order valence-electron chi connectivity index (χ2n) is 5.07. The van der Waals surface area contributed by atoms with Crippen LogP contribution in [0.2, 0.25) is 0 Å². The number of ketones is 1. The van der Waals surface area contributed by atoms with E-state index < -0.39 is 0 Å². The van der Waals surface area contributed by atoms with Crippen LogP contribution in [0.1, 0.15) is 48.0 Å². The lowest BCUT2D eigenvalue weighted by atomic mass is 9.87. The lowest BCUT2D eigenvalue weighted by molar-refractivity contribution is 0.101. The van der Waals surface area contributed by atoms with E-state index >= 15 is 0 Å². The molecule has 0 radical (unpaired) electrons. The lowest BCUT2D eigenvalue weighted by Gasteiger charge is -2.17. The molecule has 0 aliphatic carbocycles. The Hall–Kier alpha value is -1.15. The molecule has 1 fully saturated rings. The number of hydrogen-bond acceptors (Lipinski definition) is 2. The van der Waals surface area contributed by atoms with Crippen molar-refractivity contribution in [2.75, 3.05) is 20.1 Å². The molecule has 1 heterocycles. The molecule has 1 atom stereocenters. The van der Waals surface area contributed by atoms with E-state index in [-0.39, 0.29) is 5.78 Å². The molecule has 1 aliphatic heterocycles. The molecular weight excluding hydrogens is 210 g/mol. The first-order chi connectivity index (χ1) is 8.18. The van der Waals surface area contributed by atoms with Crippen LogP contribution in [0.5, 0.6) is 0 Å². The fraction of sp³-hybridized carbons (Fsp3) is 0.533. The highest BCUT2D eigenvalue weighted by atomic mass is 16.1. The highest BCUT2D eigenvalue weighted by molar-refractivity contribution is 5.95. The van der Waals surface area contributed by atoms with Crippen molar-refractivity contribution in [3.05, 3.63) is 35.4 Å². The maximum Gasteiger partial charge on any atom is 0.160 e. The van der Waals surface area contributed by atoms with Crippen LogP contribution in [-0.2, 0) is 0 Å². The Labute approximate surface area is 104 Å². The molecule has 2 rings (SSSR count). The number of benzene rings is 1. The zero-order valence-corrected chi connectivity index (χ0v) is 10.8. The molecular formula is C15H21NO. The molecule has 0 spiro atoms. The van der Waals surface area contributed by atoms with E-state index in [1.54, 1.807) is 6.92 Å². The smallest absolute Gasteiger partial charge is 0.160 e. The van der Waals surface area contributed by atoms with E-state index in [1.165, 1.54) is 31.4 Å². The summed E-state index contributed by atoms with van der Waals surface area (Å²) in [5, 5.41) is 0. The molecule has 1 aromatic carbocycles. The van der Waals surface area contributed by atoms with Gasteiger partial charge in [0.2, 0.25) is 0 Å². The molecule has 2 heteroatoms. The van der Waals surface area contributed by atoms with Gasteiger partial charge in [0.05, 0.1) is 0 Å². The van der Waals surface area contributed by atoms with E-state index in [9.17, 15) is 4.79 Å². The Kier molecular flexibility index (Phi) is 3.95. The van der Waals surface area contributed by atoms with Crippen LogP contribution in [-0.4, -0.2) is 30.8 Å². The van der Waals surface area contributed by atoms with Gasteiger partial charge in [-0.3, -0.25) is 4.79 Å². The quantitative estimate of drug-likeness (QED) is 0.729. The summed E-state index contributed by atoms with van der Waals surface area (Å²) in [4.78, 5) is 14.0. The summed E-state index contributed by atoms with van der Waals surface area (Å²) in [6.45, 7) is 3.98. The topological polar surface area (TPSA) is 20.3 Å². The summed E-state index contributed by atoms with van der Waals surface area (Å²) in [6.07, 6.45) is 3.60. The van der Waals surface area contributed by atoms with Gasteiger partial charge in [-0.05, 0) is 57.8 Å². The monoisotopic (exact) mass is 231 g/mol. The minimum Gasteiger partial charge on any atom is -0.306 e. The molecule has 0 aromatic heterocycles. The van der Waals surface area contributed by atoms with Crippen LogP contribution in [0.4, 0.5) is 0 Å². The standard InChI is InChI=1S/C15H21NO/c1-12(17)14-7-3-4-8-15(14)13-6-5-10-16(2)11-9-13/h3-4,7-8,13H,5-6,9-11H2,1-2H3. The van der Waals surface area contributed by atoms with Crippen LogP contribution in [0.3, 0.4) is 0 Å². The number of Topliss-reactive ketones (excluding diaryl/α,β-unsaturated/α-hetero) is 1. The number of rotatable bonds is 2. The van der Waals surface area contributed by atoms with Gasteiger partial charge >= 0.3 is 0 Å². The Morgan fingerprint density at radius 1 is 1.24 bits per heavy atom. The summed E-state index contributed by atoms with van der Waals surface area (Å²) in [7, 11) is 2.18. The maximum atomic E-state index is 11.6. The predicted molar refractivity (Wildman–Crippen MR) is 70.5 cm³/mol. The van der Waals surface area contributed by atoms with Gasteiger partial charge in [0.15, 0.2) is 5.78 Å². The molecule has 0 N–H and O–H groups in total. The molecule has 1 aliphatic rings. The van der Waals surface area contributed by atoms with Crippen molar-refractivity contribution in [3.8, 4) is 0 Å². The average Bonchev–Trinajstić information content (AvgIpc) is 2.54. The second kappa shape index (κ2) is 5.46. The zero-order chi connectivity index (χ0) is 12.3. The van der Waals surface area contributed by atoms with E-state index in [0.717, 1.165) is 12.1 Å². The third-order valence-electron chi connectivity index (χ3n) is 3.73. The van der Waals surface area contributed by atoms with Crippen molar-refractivity contribution in [1.82, 2.24) is 4.90 Å². The molecule has 0 bridgehead atoms. The van der Waals surface area contributed by atoms with Crippen LogP contribution >= 0.6 is 0 Å². The van der Waals surface area contributed by atoms with Crippen molar-refractivity contribution in [3.63, 3.8) is 0 Å². The summed E-state index contributed by atoms with van der Waals surface area (Å²) in [6, 6.07) is 8.11. The number of carbonyl (C=O) groups excluding carboxylic acids is 1. The molecule has 0 amide bonds. The first-order valence-corrected chi connectivity index (χ1v) is 6.47. The number of hydrogen-bond donors (Lipinski definition) is 0. The first-order valence-electron chi connectivity index (χ1n) is 6.47. The highest BCUT2D eigenvalue weighted by Gasteiger charge is 2.19. The molecule has 0 saturated carbocycles. The third kappa shape index (κ3) is 2.95. The summed E-state index contributed by atoms with van der Waals surface area (Å²) in [5.74, 6) is 0.748. The lowest BCUT2D eigenvalue weighted by Crippen LogP contribution is -2.18. The Morgan fingerprint density at radius 3 is 2.76 bits per heavy atom. The maximum absolute atomic E-state index is 11.6. The number of likely N-dealkylation sites (tertiary alicyclic amines) is 1.